The van der Waals surface area contributed by atoms with E-state index in [0.717, 1.165) is 43.1 Å². The number of hydrogen-bond donors (Lipinski definition) is 1. The molecule has 1 aromatic rings. The number of halogens is 2. The molecule has 0 bridgehead atoms. The Kier molecular flexibility index (Phi) is 4.34. The molecule has 0 aromatic carbocycles. The van der Waals surface area contributed by atoms with Gasteiger partial charge in [-0.15, -0.1) is 0 Å². The molecule has 1 aromatic heterocycles. The highest BCUT2D eigenvalue weighted by Gasteiger charge is 2.30. The zero-order valence-electron chi connectivity index (χ0n) is 9.64. The number of nitrogens with zero attached hydrogens (tertiary/aromatic N) is 1. The van der Waals surface area contributed by atoms with E-state index < -0.39 is 15.8 Å². The van der Waals surface area contributed by atoms with Gasteiger partial charge in [-0.3, -0.25) is 4.98 Å². The summed E-state index contributed by atoms with van der Waals surface area (Å²) in [6.07, 6.45) is 4.96. The predicted molar refractivity (Wildman–Crippen MR) is 69.4 cm³/mol. The standard InChI is InChI=1S/C11H14BrFN2O2S/c12-5-8-2-1-3-11(8)15-18(16,17)10-4-9(13)6-14-7-10/h4,6-8,11,15H,1-3,5H2. The lowest BCUT2D eigenvalue weighted by Crippen LogP contribution is -2.37. The highest BCUT2D eigenvalue weighted by atomic mass is 79.9. The lowest BCUT2D eigenvalue weighted by Gasteiger charge is -2.18. The average molecular weight is 337 g/mol. The van der Waals surface area contributed by atoms with Crippen molar-refractivity contribution in [2.24, 2.45) is 5.92 Å². The Morgan fingerprint density at radius 3 is 2.89 bits per heavy atom. The maximum absolute atomic E-state index is 13.0. The summed E-state index contributed by atoms with van der Waals surface area (Å²) in [7, 11) is -3.68. The fourth-order valence-corrected chi connectivity index (χ4v) is 4.27. The summed E-state index contributed by atoms with van der Waals surface area (Å²) < 4.78 is 39.8. The first kappa shape index (κ1) is 13.9. The minimum absolute atomic E-state index is 0.0855. The molecule has 2 rings (SSSR count). The summed E-state index contributed by atoms with van der Waals surface area (Å²) >= 11 is 3.38. The van der Waals surface area contributed by atoms with Crippen LogP contribution in [0.15, 0.2) is 23.4 Å². The molecule has 0 spiro atoms. The molecule has 1 saturated carbocycles. The van der Waals surface area contributed by atoms with E-state index in [1.54, 1.807) is 0 Å². The normalized spacial score (nSPS) is 24.3. The van der Waals surface area contributed by atoms with Crippen LogP contribution in [0.25, 0.3) is 0 Å². The van der Waals surface area contributed by atoms with Gasteiger partial charge in [0.05, 0.1) is 6.20 Å². The van der Waals surface area contributed by atoms with Gasteiger partial charge in [0.2, 0.25) is 10.0 Å². The van der Waals surface area contributed by atoms with E-state index in [9.17, 15) is 12.8 Å². The monoisotopic (exact) mass is 336 g/mol. The third kappa shape index (κ3) is 3.07. The Balaban J connectivity index is 2.17. The van der Waals surface area contributed by atoms with Crippen LogP contribution in [0.5, 0.6) is 0 Å². The summed E-state index contributed by atoms with van der Waals surface area (Å²) in [6, 6.07) is 0.894. The van der Waals surface area contributed by atoms with E-state index in [4.69, 9.17) is 0 Å². The van der Waals surface area contributed by atoms with Crippen LogP contribution in [0.3, 0.4) is 0 Å². The van der Waals surface area contributed by atoms with E-state index in [0.29, 0.717) is 5.92 Å². The summed E-state index contributed by atoms with van der Waals surface area (Å²) in [6.45, 7) is 0. The number of hydrogen-bond acceptors (Lipinski definition) is 3. The van der Waals surface area contributed by atoms with E-state index in [2.05, 4.69) is 25.6 Å². The van der Waals surface area contributed by atoms with Crippen LogP contribution in [-0.4, -0.2) is 24.8 Å². The summed E-state index contributed by atoms with van der Waals surface area (Å²) in [5, 5.41) is 0.765. The Hall–Kier alpha value is -0.530. The quantitative estimate of drug-likeness (QED) is 0.856. The van der Waals surface area contributed by atoms with Crippen LogP contribution in [0.1, 0.15) is 19.3 Å². The van der Waals surface area contributed by atoms with Crippen LogP contribution in [0.2, 0.25) is 0 Å². The predicted octanol–water partition coefficient (Wildman–Crippen LogP) is 2.06. The van der Waals surface area contributed by atoms with Crippen molar-refractivity contribution in [2.75, 3.05) is 5.33 Å². The van der Waals surface area contributed by atoms with Crippen molar-refractivity contribution >= 4 is 26.0 Å². The number of sulfonamides is 1. The van der Waals surface area contributed by atoms with Crippen LogP contribution in [-0.2, 0) is 10.0 Å². The number of pyridine rings is 1. The molecule has 0 aliphatic heterocycles. The van der Waals surface area contributed by atoms with Gasteiger partial charge in [-0.2, -0.15) is 0 Å². The second-order valence-electron chi connectivity index (χ2n) is 4.41. The summed E-state index contributed by atoms with van der Waals surface area (Å²) in [5.74, 6) is -0.359. The SMILES string of the molecule is O=S(=O)(NC1CCCC1CBr)c1cncc(F)c1. The topological polar surface area (TPSA) is 59.1 Å². The maximum Gasteiger partial charge on any atom is 0.242 e. The first-order valence-corrected chi connectivity index (χ1v) is 8.32. The fraction of sp³-hybridized carbons (Fsp3) is 0.545. The van der Waals surface area contributed by atoms with Gasteiger partial charge in [0.25, 0.3) is 0 Å². The Morgan fingerprint density at radius 2 is 2.22 bits per heavy atom. The van der Waals surface area contributed by atoms with Crippen LogP contribution in [0.4, 0.5) is 4.39 Å². The van der Waals surface area contributed by atoms with E-state index >= 15 is 0 Å². The Morgan fingerprint density at radius 1 is 1.44 bits per heavy atom. The van der Waals surface area contributed by atoms with Gasteiger partial charge in [0.15, 0.2) is 0 Å². The largest absolute Gasteiger partial charge is 0.260 e. The zero-order chi connectivity index (χ0) is 13.2. The summed E-state index contributed by atoms with van der Waals surface area (Å²) in [4.78, 5) is 3.44. The highest BCUT2D eigenvalue weighted by molar-refractivity contribution is 9.09. The van der Waals surface area contributed by atoms with Gasteiger partial charge in [0, 0.05) is 17.6 Å². The van der Waals surface area contributed by atoms with Crippen LogP contribution in [0, 0.1) is 11.7 Å². The number of alkyl halides is 1. The number of nitrogens with one attached hydrogen (secondary N) is 1. The lowest BCUT2D eigenvalue weighted by atomic mass is 10.1. The minimum atomic E-state index is -3.68. The van der Waals surface area contributed by atoms with Gasteiger partial charge < -0.3 is 0 Å². The fourth-order valence-electron chi connectivity index (χ4n) is 2.18. The molecule has 4 nitrogen and oxygen atoms in total. The highest BCUT2D eigenvalue weighted by Crippen LogP contribution is 2.28. The first-order valence-electron chi connectivity index (χ1n) is 5.72. The molecule has 1 heterocycles. The van der Waals surface area contributed by atoms with Gasteiger partial charge >= 0.3 is 0 Å². The second kappa shape index (κ2) is 5.63. The molecule has 7 heteroatoms. The molecule has 18 heavy (non-hydrogen) atoms. The Labute approximate surface area is 114 Å². The molecule has 0 amide bonds. The molecular formula is C11H14BrFN2O2S. The van der Waals surface area contributed by atoms with Gasteiger partial charge in [-0.05, 0) is 24.8 Å². The molecule has 1 N–H and O–H groups in total. The third-order valence-corrected chi connectivity index (χ3v) is 5.44. The molecular weight excluding hydrogens is 323 g/mol. The minimum Gasteiger partial charge on any atom is -0.260 e. The first-order chi connectivity index (χ1) is 8.53. The van der Waals surface area contributed by atoms with Crippen LogP contribution >= 0.6 is 15.9 Å². The van der Waals surface area contributed by atoms with Gasteiger partial charge in [-0.1, -0.05) is 22.4 Å². The van der Waals surface area contributed by atoms with E-state index in [1.807, 2.05) is 0 Å². The van der Waals surface area contributed by atoms with Crippen molar-refractivity contribution in [3.8, 4) is 0 Å². The molecule has 100 valence electrons. The zero-order valence-corrected chi connectivity index (χ0v) is 12.0. The molecule has 2 unspecified atom stereocenters. The second-order valence-corrected chi connectivity index (χ2v) is 6.77. The van der Waals surface area contributed by atoms with Crippen molar-refractivity contribution in [1.29, 1.82) is 0 Å². The number of aromatic nitrogens is 1. The van der Waals surface area contributed by atoms with Crippen molar-refractivity contribution in [3.63, 3.8) is 0 Å². The molecule has 0 radical (unpaired) electrons. The lowest BCUT2D eigenvalue weighted by molar-refractivity contribution is 0.483. The van der Waals surface area contributed by atoms with E-state index in [-0.39, 0.29) is 10.9 Å². The molecule has 1 aliphatic carbocycles. The molecule has 0 saturated heterocycles. The van der Waals surface area contributed by atoms with Crippen molar-refractivity contribution in [3.05, 3.63) is 24.3 Å². The average Bonchev–Trinajstić information content (AvgIpc) is 2.75. The molecule has 2 atom stereocenters. The maximum atomic E-state index is 13.0. The smallest absolute Gasteiger partial charge is 0.242 e. The molecule has 1 aliphatic rings. The number of rotatable bonds is 4. The summed E-state index contributed by atoms with van der Waals surface area (Å²) in [5.41, 5.74) is 0. The molecule has 1 fully saturated rings. The van der Waals surface area contributed by atoms with Crippen molar-refractivity contribution in [2.45, 2.75) is 30.2 Å². The van der Waals surface area contributed by atoms with Crippen LogP contribution < -0.4 is 4.72 Å². The van der Waals surface area contributed by atoms with Crippen molar-refractivity contribution < 1.29 is 12.8 Å². The van der Waals surface area contributed by atoms with Gasteiger partial charge in [0.1, 0.15) is 10.7 Å². The third-order valence-electron chi connectivity index (χ3n) is 3.15. The van der Waals surface area contributed by atoms with Gasteiger partial charge in [-0.25, -0.2) is 17.5 Å². The Bertz CT molecular complexity index is 524. The van der Waals surface area contributed by atoms with Crippen molar-refractivity contribution in [1.82, 2.24) is 9.71 Å². The van der Waals surface area contributed by atoms with E-state index in [1.165, 1.54) is 0 Å².